The summed E-state index contributed by atoms with van der Waals surface area (Å²) in [6, 6.07) is 0. The van der Waals surface area contributed by atoms with Gasteiger partial charge in [0.25, 0.3) is 0 Å². The van der Waals surface area contributed by atoms with E-state index in [0.717, 1.165) is 0 Å². The zero-order valence-electron chi connectivity index (χ0n) is 5.93. The number of hydrogen-bond acceptors (Lipinski definition) is 3. The van der Waals surface area contributed by atoms with E-state index in [-0.39, 0.29) is 30.2 Å². The van der Waals surface area contributed by atoms with Crippen LogP contribution in [0.2, 0.25) is 0 Å². The first-order valence-electron chi connectivity index (χ1n) is 2.64. The molecule has 0 aliphatic carbocycles. The summed E-state index contributed by atoms with van der Waals surface area (Å²) in [5.74, 6) is -2.05. The standard InChI is InChI=1S/C5H9NO4.Fe/c1-6(2-4(7)8)3-5(9)10;/h2-3H2,1H3,(H,7,8)(H,9,10);. The van der Waals surface area contributed by atoms with Crippen LogP contribution in [0.25, 0.3) is 0 Å². The van der Waals surface area contributed by atoms with E-state index in [9.17, 15) is 9.59 Å². The quantitative estimate of drug-likeness (QED) is 0.578. The number of hydrogen-bond donors (Lipinski definition) is 2. The molecule has 0 spiro atoms. The molecule has 0 atom stereocenters. The van der Waals surface area contributed by atoms with Gasteiger partial charge in [-0.1, -0.05) is 0 Å². The van der Waals surface area contributed by atoms with Gasteiger partial charge in [0.1, 0.15) is 0 Å². The van der Waals surface area contributed by atoms with Crippen molar-refractivity contribution in [2.45, 2.75) is 0 Å². The Morgan fingerprint density at radius 2 is 1.45 bits per heavy atom. The van der Waals surface area contributed by atoms with Crippen LogP contribution < -0.4 is 0 Å². The van der Waals surface area contributed by atoms with Crippen molar-refractivity contribution < 1.29 is 36.9 Å². The van der Waals surface area contributed by atoms with Gasteiger partial charge in [0.15, 0.2) is 0 Å². The summed E-state index contributed by atoms with van der Waals surface area (Å²) in [4.78, 5) is 21.1. The maximum Gasteiger partial charge on any atom is 0.317 e. The predicted octanol–water partition coefficient (Wildman–Crippen LogP) is -0.915. The maximum absolute atomic E-state index is 9.96. The summed E-state index contributed by atoms with van der Waals surface area (Å²) in [6.45, 7) is -0.488. The number of carboxylic acid groups (broad SMARTS) is 2. The normalized spacial score (nSPS) is 8.91. The van der Waals surface area contributed by atoms with Crippen LogP contribution in [0, 0.1) is 0 Å². The molecule has 2 N–H and O–H groups in total. The molecule has 0 unspecified atom stereocenters. The van der Waals surface area contributed by atoms with Crippen LogP contribution in [0.5, 0.6) is 0 Å². The number of likely N-dealkylation sites (N-methyl/N-ethyl adjacent to an activating group) is 1. The Morgan fingerprint density at radius 3 is 1.64 bits per heavy atom. The summed E-state index contributed by atoms with van der Waals surface area (Å²) in [7, 11) is 1.43. The first kappa shape index (κ1) is 13.0. The zero-order valence-corrected chi connectivity index (χ0v) is 7.03. The molecule has 5 nitrogen and oxygen atoms in total. The molecule has 66 valence electrons. The van der Waals surface area contributed by atoms with E-state index in [0.29, 0.717) is 0 Å². The fourth-order valence-electron chi connectivity index (χ4n) is 0.518. The van der Waals surface area contributed by atoms with Crippen molar-refractivity contribution in [2.75, 3.05) is 20.1 Å². The molecular formula is C5H9FeNO4. The molecule has 0 radical (unpaired) electrons. The maximum atomic E-state index is 9.96. The van der Waals surface area contributed by atoms with Crippen LogP contribution >= 0.6 is 0 Å². The first-order chi connectivity index (χ1) is 4.52. The summed E-state index contributed by atoms with van der Waals surface area (Å²) in [5.41, 5.74) is 0. The molecule has 0 aromatic carbocycles. The Hall–Kier alpha value is -0.581. The van der Waals surface area contributed by atoms with E-state index in [1.165, 1.54) is 11.9 Å². The third-order valence-corrected chi connectivity index (χ3v) is 0.810. The molecule has 0 aliphatic rings. The van der Waals surface area contributed by atoms with Gasteiger partial charge in [-0.2, -0.15) is 0 Å². The fourth-order valence-corrected chi connectivity index (χ4v) is 0.518. The number of aliphatic carboxylic acids is 2. The van der Waals surface area contributed by atoms with E-state index >= 15 is 0 Å². The Labute approximate surface area is 74.5 Å². The molecule has 0 aliphatic heterocycles. The Morgan fingerprint density at radius 1 is 1.18 bits per heavy atom. The summed E-state index contributed by atoms with van der Waals surface area (Å²) in [5, 5.41) is 16.3. The minimum atomic E-state index is -1.02. The first-order valence-corrected chi connectivity index (χ1v) is 2.64. The van der Waals surface area contributed by atoms with Gasteiger partial charge in [-0.25, -0.2) is 0 Å². The molecule has 11 heavy (non-hydrogen) atoms. The van der Waals surface area contributed by atoms with Crippen molar-refractivity contribution in [3.63, 3.8) is 0 Å². The van der Waals surface area contributed by atoms with Crippen LogP contribution in [0.3, 0.4) is 0 Å². The van der Waals surface area contributed by atoms with Gasteiger partial charge < -0.3 is 10.2 Å². The van der Waals surface area contributed by atoms with E-state index < -0.39 is 11.9 Å². The monoisotopic (exact) mass is 203 g/mol. The van der Waals surface area contributed by atoms with Crippen molar-refractivity contribution in [3.8, 4) is 0 Å². The molecule has 0 fully saturated rings. The molecule has 0 bridgehead atoms. The van der Waals surface area contributed by atoms with Gasteiger partial charge in [0.05, 0.1) is 13.1 Å². The van der Waals surface area contributed by atoms with Gasteiger partial charge in [-0.3, -0.25) is 14.5 Å². The molecule has 0 amide bonds. The van der Waals surface area contributed by atoms with Crippen LogP contribution in [0.4, 0.5) is 0 Å². The second kappa shape index (κ2) is 6.15. The molecule has 0 heterocycles. The Kier molecular flexibility index (Phi) is 7.29. The molecule has 6 heteroatoms. The van der Waals surface area contributed by atoms with Crippen molar-refractivity contribution in [2.24, 2.45) is 0 Å². The molecule has 0 rings (SSSR count). The predicted molar refractivity (Wildman–Crippen MR) is 32.8 cm³/mol. The minimum Gasteiger partial charge on any atom is -0.480 e. The molecular weight excluding hydrogens is 194 g/mol. The topological polar surface area (TPSA) is 77.8 Å². The molecule has 0 saturated carbocycles. The second-order valence-corrected chi connectivity index (χ2v) is 1.96. The summed E-state index contributed by atoms with van der Waals surface area (Å²) in [6.07, 6.45) is 0. The average Bonchev–Trinajstić information content (AvgIpc) is 1.58. The van der Waals surface area contributed by atoms with Gasteiger partial charge in [-0.05, 0) is 7.05 Å². The number of rotatable bonds is 4. The van der Waals surface area contributed by atoms with Crippen LogP contribution in [0.15, 0.2) is 0 Å². The van der Waals surface area contributed by atoms with Gasteiger partial charge in [0.2, 0.25) is 0 Å². The largest absolute Gasteiger partial charge is 0.480 e. The van der Waals surface area contributed by atoms with Crippen molar-refractivity contribution in [3.05, 3.63) is 0 Å². The molecule has 0 aromatic heterocycles. The third kappa shape index (κ3) is 9.42. The molecule has 0 saturated heterocycles. The van der Waals surface area contributed by atoms with E-state index in [4.69, 9.17) is 10.2 Å². The average molecular weight is 203 g/mol. The SMILES string of the molecule is CN(CC(=O)O)CC(=O)O.[Fe]. The Bertz CT molecular complexity index is 133. The van der Waals surface area contributed by atoms with E-state index in [1.807, 2.05) is 0 Å². The zero-order chi connectivity index (χ0) is 8.15. The van der Waals surface area contributed by atoms with E-state index in [1.54, 1.807) is 0 Å². The number of nitrogens with zero attached hydrogens (tertiary/aromatic N) is 1. The van der Waals surface area contributed by atoms with Gasteiger partial charge >= 0.3 is 11.9 Å². The van der Waals surface area contributed by atoms with Gasteiger partial charge in [0, 0.05) is 17.1 Å². The van der Waals surface area contributed by atoms with Crippen LogP contribution in [0.1, 0.15) is 0 Å². The van der Waals surface area contributed by atoms with Crippen molar-refractivity contribution >= 4 is 11.9 Å². The van der Waals surface area contributed by atoms with Crippen LogP contribution in [-0.2, 0) is 26.7 Å². The fraction of sp³-hybridized carbons (Fsp3) is 0.600. The second-order valence-electron chi connectivity index (χ2n) is 1.96. The number of carboxylic acids is 2. The number of carbonyl (C=O) groups is 2. The van der Waals surface area contributed by atoms with Crippen LogP contribution in [-0.4, -0.2) is 47.2 Å². The van der Waals surface area contributed by atoms with E-state index in [2.05, 4.69) is 0 Å². The summed E-state index contributed by atoms with van der Waals surface area (Å²) < 4.78 is 0. The minimum absolute atomic E-state index is 0. The van der Waals surface area contributed by atoms with Crippen molar-refractivity contribution in [1.29, 1.82) is 0 Å². The smallest absolute Gasteiger partial charge is 0.317 e. The molecule has 0 aromatic rings. The summed E-state index contributed by atoms with van der Waals surface area (Å²) >= 11 is 0. The third-order valence-electron chi connectivity index (χ3n) is 0.810. The van der Waals surface area contributed by atoms with Crippen molar-refractivity contribution in [1.82, 2.24) is 4.90 Å². The Balaban J connectivity index is 0. The van der Waals surface area contributed by atoms with Gasteiger partial charge in [-0.15, -0.1) is 0 Å².